The molecular formula is C6H12ClN. The molecular weight excluding hydrogens is 122 g/mol. The van der Waals surface area contributed by atoms with E-state index >= 15 is 0 Å². The van der Waals surface area contributed by atoms with Gasteiger partial charge in [0.05, 0.1) is 0 Å². The van der Waals surface area contributed by atoms with Gasteiger partial charge in [-0.25, -0.2) is 0 Å². The summed E-state index contributed by atoms with van der Waals surface area (Å²) in [6.07, 6.45) is 2.62. The molecule has 1 rings (SSSR count). The second-order valence-electron chi connectivity index (χ2n) is 2.43. The lowest BCUT2D eigenvalue weighted by atomic mass is 10.2. The van der Waals surface area contributed by atoms with E-state index in [1.807, 2.05) is 0 Å². The Kier molecular flexibility index (Phi) is 2.15. The van der Waals surface area contributed by atoms with Crippen molar-refractivity contribution in [3.63, 3.8) is 0 Å². The normalized spacial score (nSPS) is 31.5. The van der Waals surface area contributed by atoms with Crippen LogP contribution in [0.15, 0.2) is 0 Å². The molecule has 0 N–H and O–H groups in total. The molecule has 1 fully saturated rings. The minimum absolute atomic E-state index is 0.664. The van der Waals surface area contributed by atoms with Gasteiger partial charge in [0.25, 0.3) is 0 Å². The summed E-state index contributed by atoms with van der Waals surface area (Å²) in [7, 11) is 2.14. The van der Waals surface area contributed by atoms with Crippen molar-refractivity contribution in [3.8, 4) is 0 Å². The average molecular weight is 134 g/mol. The van der Waals surface area contributed by atoms with Gasteiger partial charge in [-0.15, -0.1) is 11.6 Å². The molecule has 0 aliphatic carbocycles. The zero-order valence-electron chi connectivity index (χ0n) is 5.23. The molecule has 0 aromatic rings. The van der Waals surface area contributed by atoms with Crippen molar-refractivity contribution >= 4 is 11.6 Å². The lowest BCUT2D eigenvalue weighted by Crippen LogP contribution is -2.25. The summed E-state index contributed by atoms with van der Waals surface area (Å²) >= 11 is 5.66. The number of rotatable bonds is 1. The molecule has 48 valence electrons. The van der Waals surface area contributed by atoms with Crippen molar-refractivity contribution in [1.29, 1.82) is 0 Å². The van der Waals surface area contributed by atoms with Gasteiger partial charge in [-0.1, -0.05) is 0 Å². The van der Waals surface area contributed by atoms with Crippen molar-refractivity contribution in [3.05, 3.63) is 0 Å². The second kappa shape index (κ2) is 2.70. The summed E-state index contributed by atoms with van der Waals surface area (Å²) in [6, 6.07) is 0.664. The smallest absolute Gasteiger partial charge is 0.0379 e. The number of hydrogen-bond donors (Lipinski definition) is 0. The predicted molar refractivity (Wildman–Crippen MR) is 36.4 cm³/mol. The van der Waals surface area contributed by atoms with Crippen LogP contribution in [0.4, 0.5) is 0 Å². The Hall–Kier alpha value is 0.250. The maximum absolute atomic E-state index is 5.66. The van der Waals surface area contributed by atoms with E-state index in [1.165, 1.54) is 19.4 Å². The van der Waals surface area contributed by atoms with Crippen molar-refractivity contribution in [2.75, 3.05) is 19.5 Å². The third-order valence-corrected chi connectivity index (χ3v) is 2.21. The molecule has 0 saturated carbocycles. The minimum Gasteiger partial charge on any atom is -0.302 e. The van der Waals surface area contributed by atoms with Gasteiger partial charge in [0.1, 0.15) is 0 Å². The number of alkyl halides is 1. The number of hydrogen-bond acceptors (Lipinski definition) is 1. The summed E-state index contributed by atoms with van der Waals surface area (Å²) < 4.78 is 0. The van der Waals surface area contributed by atoms with Gasteiger partial charge < -0.3 is 4.90 Å². The van der Waals surface area contributed by atoms with Gasteiger partial charge in [-0.2, -0.15) is 0 Å². The van der Waals surface area contributed by atoms with Crippen LogP contribution in [-0.4, -0.2) is 30.4 Å². The molecule has 0 aromatic heterocycles. The monoisotopic (exact) mass is 133 g/mol. The molecule has 1 aliphatic rings. The summed E-state index contributed by atoms with van der Waals surface area (Å²) in [5.74, 6) is 0.802. The van der Waals surface area contributed by atoms with E-state index in [0.29, 0.717) is 6.04 Å². The highest BCUT2D eigenvalue weighted by molar-refractivity contribution is 6.18. The van der Waals surface area contributed by atoms with Crippen LogP contribution in [0, 0.1) is 0 Å². The quantitative estimate of drug-likeness (QED) is 0.488. The Morgan fingerprint density at radius 1 is 1.75 bits per heavy atom. The number of nitrogens with zero attached hydrogens (tertiary/aromatic N) is 1. The molecule has 0 radical (unpaired) electrons. The molecule has 2 heteroatoms. The summed E-state index contributed by atoms with van der Waals surface area (Å²) in [5, 5.41) is 0. The standard InChI is InChI=1S/C6H12ClN/c1-8-4-2-3-6(8)5-7/h6H,2-5H2,1H3/t6-/m0/s1. The first kappa shape index (κ1) is 6.37. The molecule has 0 amide bonds. The van der Waals surface area contributed by atoms with Crippen molar-refractivity contribution in [2.45, 2.75) is 18.9 Å². The summed E-state index contributed by atoms with van der Waals surface area (Å²) in [6.45, 7) is 1.23. The van der Waals surface area contributed by atoms with Crippen LogP contribution in [0.1, 0.15) is 12.8 Å². The first-order valence-corrected chi connectivity index (χ1v) is 3.64. The van der Waals surface area contributed by atoms with Crippen LogP contribution >= 0.6 is 11.6 Å². The first-order chi connectivity index (χ1) is 3.84. The molecule has 1 saturated heterocycles. The highest BCUT2D eigenvalue weighted by Gasteiger charge is 2.18. The third-order valence-electron chi connectivity index (χ3n) is 1.85. The highest BCUT2D eigenvalue weighted by atomic mass is 35.5. The zero-order chi connectivity index (χ0) is 5.98. The lowest BCUT2D eigenvalue weighted by Gasteiger charge is -2.14. The van der Waals surface area contributed by atoms with E-state index < -0.39 is 0 Å². The van der Waals surface area contributed by atoms with E-state index in [4.69, 9.17) is 11.6 Å². The minimum atomic E-state index is 0.664. The van der Waals surface area contributed by atoms with Crippen LogP contribution in [0.2, 0.25) is 0 Å². The Balaban J connectivity index is 2.30. The summed E-state index contributed by atoms with van der Waals surface area (Å²) in [4.78, 5) is 2.33. The largest absolute Gasteiger partial charge is 0.302 e. The Morgan fingerprint density at radius 3 is 2.75 bits per heavy atom. The molecule has 1 aliphatic heterocycles. The number of likely N-dealkylation sites (tertiary alicyclic amines) is 1. The van der Waals surface area contributed by atoms with E-state index in [1.54, 1.807) is 0 Å². The van der Waals surface area contributed by atoms with E-state index in [0.717, 1.165) is 5.88 Å². The molecule has 1 atom stereocenters. The van der Waals surface area contributed by atoms with Gasteiger partial charge in [-0.05, 0) is 26.4 Å². The van der Waals surface area contributed by atoms with Crippen LogP contribution in [-0.2, 0) is 0 Å². The molecule has 0 aromatic carbocycles. The maximum Gasteiger partial charge on any atom is 0.0379 e. The predicted octanol–water partition coefficient (Wildman–Crippen LogP) is 1.32. The topological polar surface area (TPSA) is 3.24 Å². The van der Waals surface area contributed by atoms with E-state index in [-0.39, 0.29) is 0 Å². The Bertz CT molecular complexity index is 74.9. The Morgan fingerprint density at radius 2 is 2.50 bits per heavy atom. The van der Waals surface area contributed by atoms with Crippen LogP contribution < -0.4 is 0 Å². The van der Waals surface area contributed by atoms with E-state index in [9.17, 15) is 0 Å². The van der Waals surface area contributed by atoms with Crippen molar-refractivity contribution in [2.24, 2.45) is 0 Å². The second-order valence-corrected chi connectivity index (χ2v) is 2.74. The van der Waals surface area contributed by atoms with Gasteiger partial charge in [0.2, 0.25) is 0 Å². The van der Waals surface area contributed by atoms with Crippen LogP contribution in [0.25, 0.3) is 0 Å². The first-order valence-electron chi connectivity index (χ1n) is 3.11. The zero-order valence-corrected chi connectivity index (χ0v) is 5.99. The molecule has 0 spiro atoms. The van der Waals surface area contributed by atoms with Crippen LogP contribution in [0.3, 0.4) is 0 Å². The SMILES string of the molecule is CN1CCC[C@H]1CCl. The third kappa shape index (κ3) is 1.15. The molecule has 1 heterocycles. The maximum atomic E-state index is 5.66. The fraction of sp³-hybridized carbons (Fsp3) is 1.00. The molecule has 0 bridgehead atoms. The lowest BCUT2D eigenvalue weighted by molar-refractivity contribution is 0.334. The summed E-state index contributed by atoms with van der Waals surface area (Å²) in [5.41, 5.74) is 0. The Labute approximate surface area is 55.6 Å². The molecule has 8 heavy (non-hydrogen) atoms. The van der Waals surface area contributed by atoms with Gasteiger partial charge in [0.15, 0.2) is 0 Å². The number of halogens is 1. The fourth-order valence-corrected chi connectivity index (χ4v) is 1.56. The van der Waals surface area contributed by atoms with E-state index in [2.05, 4.69) is 11.9 Å². The fourth-order valence-electron chi connectivity index (χ4n) is 1.17. The molecule has 1 nitrogen and oxygen atoms in total. The van der Waals surface area contributed by atoms with Gasteiger partial charge >= 0.3 is 0 Å². The van der Waals surface area contributed by atoms with Crippen molar-refractivity contribution < 1.29 is 0 Å². The van der Waals surface area contributed by atoms with Gasteiger partial charge in [-0.3, -0.25) is 0 Å². The highest BCUT2D eigenvalue weighted by Crippen LogP contribution is 2.14. The molecule has 0 unspecified atom stereocenters. The van der Waals surface area contributed by atoms with Crippen LogP contribution in [0.5, 0.6) is 0 Å². The average Bonchev–Trinajstić information content (AvgIpc) is 2.14. The van der Waals surface area contributed by atoms with Gasteiger partial charge in [0, 0.05) is 11.9 Å². The van der Waals surface area contributed by atoms with Crippen molar-refractivity contribution in [1.82, 2.24) is 4.90 Å².